The van der Waals surface area contributed by atoms with Gasteiger partial charge in [0.1, 0.15) is 18.9 Å². The molecule has 1 saturated heterocycles. The van der Waals surface area contributed by atoms with Crippen molar-refractivity contribution in [3.63, 3.8) is 0 Å². The first-order chi connectivity index (χ1) is 10.8. The Kier molecular flexibility index (Phi) is 4.91. The van der Waals surface area contributed by atoms with Crippen LogP contribution in [0.15, 0.2) is 6.20 Å². The van der Waals surface area contributed by atoms with Gasteiger partial charge in [-0.3, -0.25) is 10.1 Å². The van der Waals surface area contributed by atoms with Gasteiger partial charge in [-0.1, -0.05) is 0 Å². The van der Waals surface area contributed by atoms with E-state index in [2.05, 4.69) is 5.10 Å². The summed E-state index contributed by atoms with van der Waals surface area (Å²) in [6.45, 7) is -1.78. The summed E-state index contributed by atoms with van der Waals surface area (Å²) in [6.07, 6.45) is -4.89. The normalized spacial score (nSPS) is 19.0. The third kappa shape index (κ3) is 3.81. The summed E-state index contributed by atoms with van der Waals surface area (Å²) < 4.78 is 39.9. The van der Waals surface area contributed by atoms with Crippen molar-refractivity contribution in [2.75, 3.05) is 31.1 Å². The van der Waals surface area contributed by atoms with Gasteiger partial charge in [-0.15, -0.1) is 0 Å². The zero-order valence-corrected chi connectivity index (χ0v) is 11.8. The molecule has 2 heterocycles. The van der Waals surface area contributed by atoms with E-state index in [1.54, 1.807) is 0 Å². The fraction of sp³-hybridized carbons (Fsp3) is 0.636. The summed E-state index contributed by atoms with van der Waals surface area (Å²) in [6, 6.07) is 0. The largest absolute Gasteiger partial charge is 0.465 e. The first-order valence-electron chi connectivity index (χ1n) is 6.64. The monoisotopic (exact) mass is 337 g/mol. The van der Waals surface area contributed by atoms with Crippen molar-refractivity contribution in [2.24, 2.45) is 0 Å². The molecule has 23 heavy (non-hydrogen) atoms. The Labute approximate surface area is 128 Å². The third-order valence-electron chi connectivity index (χ3n) is 3.35. The first-order valence-corrected chi connectivity index (χ1v) is 6.64. The van der Waals surface area contributed by atoms with Crippen LogP contribution in [0.2, 0.25) is 0 Å². The number of hydrogen-bond acceptors (Lipinski definition) is 5. The Morgan fingerprint density at radius 1 is 1.48 bits per heavy atom. The topological polar surface area (TPSA) is 105 Å². The van der Waals surface area contributed by atoms with E-state index in [0.717, 1.165) is 15.8 Å². The first kappa shape index (κ1) is 16.8. The van der Waals surface area contributed by atoms with Gasteiger partial charge in [0, 0.05) is 13.1 Å². The van der Waals surface area contributed by atoms with E-state index in [-0.39, 0.29) is 32.0 Å². The molecule has 0 bridgehead atoms. The number of carbonyl (C=O) groups is 1. The number of anilines is 1. The molecule has 1 aliphatic heterocycles. The maximum atomic E-state index is 13.9. The molecule has 0 saturated carbocycles. The molecular weight excluding hydrogens is 323 g/mol. The van der Waals surface area contributed by atoms with Gasteiger partial charge in [0.15, 0.2) is 0 Å². The molecule has 12 heteroatoms. The Morgan fingerprint density at radius 3 is 2.74 bits per heavy atom. The molecule has 0 aliphatic carbocycles. The van der Waals surface area contributed by atoms with Crippen LogP contribution in [-0.2, 0) is 6.54 Å². The number of amides is 1. The molecule has 1 unspecified atom stereocenters. The van der Waals surface area contributed by atoms with E-state index in [9.17, 15) is 28.1 Å². The molecule has 1 atom stereocenters. The smallest absolute Gasteiger partial charge is 0.407 e. The number of rotatable bonds is 4. The van der Waals surface area contributed by atoms with Crippen molar-refractivity contribution in [3.05, 3.63) is 16.3 Å². The van der Waals surface area contributed by atoms with E-state index < -0.39 is 35.8 Å². The summed E-state index contributed by atoms with van der Waals surface area (Å²) in [4.78, 5) is 23.2. The van der Waals surface area contributed by atoms with Gasteiger partial charge >= 0.3 is 11.8 Å². The van der Waals surface area contributed by atoms with E-state index in [0.29, 0.717) is 0 Å². The van der Waals surface area contributed by atoms with Gasteiger partial charge < -0.3 is 14.9 Å². The molecule has 9 nitrogen and oxygen atoms in total. The fourth-order valence-corrected chi connectivity index (χ4v) is 2.41. The summed E-state index contributed by atoms with van der Waals surface area (Å²) in [7, 11) is 0. The summed E-state index contributed by atoms with van der Waals surface area (Å²) >= 11 is 0. The van der Waals surface area contributed by atoms with Crippen molar-refractivity contribution in [1.82, 2.24) is 14.7 Å². The number of nitro groups is 1. The van der Waals surface area contributed by atoms with Crippen LogP contribution in [0.5, 0.6) is 0 Å². The van der Waals surface area contributed by atoms with E-state index in [4.69, 9.17) is 5.11 Å². The van der Waals surface area contributed by atoms with Crippen LogP contribution in [0.1, 0.15) is 0 Å². The van der Waals surface area contributed by atoms with Gasteiger partial charge in [0.05, 0.1) is 18.0 Å². The summed E-state index contributed by atoms with van der Waals surface area (Å²) in [5.41, 5.74) is -0.526. The number of halogens is 3. The molecule has 2 rings (SSSR count). The molecule has 0 spiro atoms. The molecule has 1 aromatic rings. The lowest BCUT2D eigenvalue weighted by molar-refractivity contribution is -0.384. The molecule has 0 aromatic carbocycles. The highest BCUT2D eigenvalue weighted by atomic mass is 19.3. The van der Waals surface area contributed by atoms with Crippen molar-refractivity contribution < 1.29 is 28.0 Å². The Hall–Kier alpha value is -2.53. The minimum absolute atomic E-state index is 0.0670. The Morgan fingerprint density at radius 2 is 2.17 bits per heavy atom. The molecule has 1 N–H and O–H groups in total. The second-order valence-electron chi connectivity index (χ2n) is 4.96. The number of hydrogen-bond donors (Lipinski definition) is 1. The maximum absolute atomic E-state index is 13.9. The lowest BCUT2D eigenvalue weighted by atomic mass is 10.3. The molecule has 1 fully saturated rings. The van der Waals surface area contributed by atoms with Crippen molar-refractivity contribution in [3.8, 4) is 0 Å². The maximum Gasteiger partial charge on any atom is 0.407 e. The van der Waals surface area contributed by atoms with Crippen LogP contribution >= 0.6 is 0 Å². The van der Waals surface area contributed by atoms with Crippen LogP contribution in [-0.4, -0.2) is 69.6 Å². The second-order valence-corrected chi connectivity index (χ2v) is 4.96. The van der Waals surface area contributed by atoms with Gasteiger partial charge in [-0.25, -0.2) is 22.6 Å². The molecule has 1 aromatic heterocycles. The number of carboxylic acid groups (broad SMARTS) is 1. The molecule has 1 aliphatic rings. The van der Waals surface area contributed by atoms with Crippen molar-refractivity contribution >= 4 is 17.6 Å². The van der Waals surface area contributed by atoms with E-state index in [1.807, 2.05) is 0 Å². The number of aromatic nitrogens is 2. The summed E-state index contributed by atoms with van der Waals surface area (Å²) in [5, 5.41) is 23.5. The molecule has 0 radical (unpaired) electrons. The van der Waals surface area contributed by atoms with Crippen LogP contribution in [0.4, 0.5) is 29.5 Å². The highest BCUT2D eigenvalue weighted by Crippen LogP contribution is 2.29. The quantitative estimate of drug-likeness (QED) is 0.654. The predicted molar refractivity (Wildman–Crippen MR) is 71.6 cm³/mol. The van der Waals surface area contributed by atoms with E-state index in [1.165, 1.54) is 4.90 Å². The lowest BCUT2D eigenvalue weighted by Gasteiger charge is -2.23. The van der Waals surface area contributed by atoms with E-state index >= 15 is 0 Å². The Bertz CT molecular complexity index is 596. The SMILES string of the molecule is O=C(O)N1CCN(c2c([N+](=O)[O-])cnn2CC(F)F)CC(F)C1. The van der Waals surface area contributed by atoms with Crippen LogP contribution < -0.4 is 4.90 Å². The van der Waals surface area contributed by atoms with Gasteiger partial charge in [-0.05, 0) is 0 Å². The van der Waals surface area contributed by atoms with Gasteiger partial charge in [0.2, 0.25) is 5.82 Å². The average molecular weight is 337 g/mol. The fourth-order valence-electron chi connectivity index (χ4n) is 2.41. The minimum atomic E-state index is -2.79. The van der Waals surface area contributed by atoms with Crippen LogP contribution in [0.25, 0.3) is 0 Å². The van der Waals surface area contributed by atoms with Crippen LogP contribution in [0.3, 0.4) is 0 Å². The number of alkyl halides is 3. The average Bonchev–Trinajstić information content (AvgIpc) is 2.73. The zero-order valence-electron chi connectivity index (χ0n) is 11.8. The highest BCUT2D eigenvalue weighted by molar-refractivity contribution is 5.65. The van der Waals surface area contributed by atoms with Crippen molar-refractivity contribution in [1.29, 1.82) is 0 Å². The number of nitrogens with zero attached hydrogens (tertiary/aromatic N) is 5. The third-order valence-corrected chi connectivity index (χ3v) is 3.35. The zero-order chi connectivity index (χ0) is 17.1. The van der Waals surface area contributed by atoms with Crippen molar-refractivity contribution in [2.45, 2.75) is 19.1 Å². The summed E-state index contributed by atoms with van der Waals surface area (Å²) in [5.74, 6) is -0.245. The second kappa shape index (κ2) is 6.71. The van der Waals surface area contributed by atoms with Gasteiger partial charge in [0.25, 0.3) is 6.43 Å². The Balaban J connectivity index is 2.33. The predicted octanol–water partition coefficient (Wildman–Crippen LogP) is 1.19. The molecular formula is C11H14F3N5O4. The molecule has 128 valence electrons. The standard InChI is InChI=1S/C11H14F3N5O4/c12-7-4-16(1-2-17(5-7)11(20)21)10-8(19(22)23)3-15-18(10)6-9(13)14/h3,7,9H,1-2,4-6H2,(H,20,21). The van der Waals surface area contributed by atoms with Gasteiger partial charge in [-0.2, -0.15) is 5.10 Å². The minimum Gasteiger partial charge on any atom is -0.465 e. The molecule has 1 amide bonds. The highest BCUT2D eigenvalue weighted by Gasteiger charge is 2.32. The van der Waals surface area contributed by atoms with Crippen LogP contribution in [0, 0.1) is 10.1 Å². The lowest BCUT2D eigenvalue weighted by Crippen LogP contribution is -2.35.